The predicted molar refractivity (Wildman–Crippen MR) is 68.4 cm³/mol. The average molecular weight is 303 g/mol. The number of aliphatic hydroxyl groups is 1. The minimum absolute atomic E-state index is 0.0347. The Balaban J connectivity index is 2.50. The van der Waals surface area contributed by atoms with E-state index in [1.807, 2.05) is 0 Å². The molecule has 0 bridgehead atoms. The third-order valence-corrected chi connectivity index (χ3v) is 3.05. The van der Waals surface area contributed by atoms with Crippen LogP contribution in [0.5, 0.6) is 5.75 Å². The van der Waals surface area contributed by atoms with E-state index in [2.05, 4.69) is 0 Å². The summed E-state index contributed by atoms with van der Waals surface area (Å²) in [5.74, 6) is -2.93. The van der Waals surface area contributed by atoms with Crippen molar-refractivity contribution < 1.29 is 23.0 Å². The van der Waals surface area contributed by atoms with Crippen LogP contribution >= 0.6 is 11.6 Å². The highest BCUT2D eigenvalue weighted by Gasteiger charge is 2.23. The van der Waals surface area contributed by atoms with E-state index in [4.69, 9.17) is 16.3 Å². The van der Waals surface area contributed by atoms with Crippen molar-refractivity contribution in [1.82, 2.24) is 0 Å². The van der Waals surface area contributed by atoms with Crippen LogP contribution in [-0.4, -0.2) is 12.2 Å². The molecule has 1 unspecified atom stereocenters. The molecule has 0 fully saturated rings. The van der Waals surface area contributed by atoms with Gasteiger partial charge in [0.05, 0.1) is 12.7 Å². The summed E-state index contributed by atoms with van der Waals surface area (Å²) < 4.78 is 46.0. The van der Waals surface area contributed by atoms with Gasteiger partial charge in [-0.15, -0.1) is 0 Å². The van der Waals surface area contributed by atoms with Crippen LogP contribution in [0.4, 0.5) is 13.2 Å². The maximum Gasteiger partial charge on any atom is 0.135 e. The van der Waals surface area contributed by atoms with Gasteiger partial charge in [0, 0.05) is 22.7 Å². The number of hydrogen-bond donors (Lipinski definition) is 1. The summed E-state index contributed by atoms with van der Waals surface area (Å²) in [5.41, 5.74) is -0.913. The fourth-order valence-corrected chi connectivity index (χ4v) is 1.98. The Morgan fingerprint density at radius 1 is 1.05 bits per heavy atom. The van der Waals surface area contributed by atoms with Crippen molar-refractivity contribution in [3.63, 3.8) is 0 Å². The summed E-state index contributed by atoms with van der Waals surface area (Å²) in [6.45, 7) is 0. The molecule has 0 aliphatic carbocycles. The summed E-state index contributed by atoms with van der Waals surface area (Å²) >= 11 is 5.58. The zero-order valence-corrected chi connectivity index (χ0v) is 11.1. The van der Waals surface area contributed by atoms with Gasteiger partial charge in [-0.25, -0.2) is 13.2 Å². The van der Waals surface area contributed by atoms with E-state index in [9.17, 15) is 18.3 Å². The summed E-state index contributed by atoms with van der Waals surface area (Å²) in [7, 11) is 1.25. The van der Waals surface area contributed by atoms with Crippen molar-refractivity contribution in [2.24, 2.45) is 0 Å². The lowest BCUT2D eigenvalue weighted by atomic mass is 10.00. The van der Waals surface area contributed by atoms with Gasteiger partial charge in [-0.1, -0.05) is 17.7 Å². The van der Waals surface area contributed by atoms with Crippen LogP contribution in [0, 0.1) is 17.5 Å². The molecule has 2 aromatic rings. The molecule has 0 saturated carbocycles. The summed E-state index contributed by atoms with van der Waals surface area (Å²) in [4.78, 5) is 0. The van der Waals surface area contributed by atoms with E-state index in [-0.39, 0.29) is 16.3 Å². The van der Waals surface area contributed by atoms with Crippen LogP contribution < -0.4 is 4.74 Å². The number of aliphatic hydroxyl groups excluding tert-OH is 1. The van der Waals surface area contributed by atoms with Crippen LogP contribution in [-0.2, 0) is 0 Å². The van der Waals surface area contributed by atoms with E-state index in [0.717, 1.165) is 18.2 Å². The lowest BCUT2D eigenvalue weighted by Crippen LogP contribution is -2.08. The number of halogens is 4. The molecule has 0 spiro atoms. The number of rotatable bonds is 3. The van der Waals surface area contributed by atoms with Gasteiger partial charge in [-0.2, -0.15) is 0 Å². The van der Waals surface area contributed by atoms with Crippen molar-refractivity contribution >= 4 is 11.6 Å². The molecule has 0 radical (unpaired) electrons. The first kappa shape index (κ1) is 14.7. The number of ether oxygens (including phenoxy) is 1. The number of benzene rings is 2. The van der Waals surface area contributed by atoms with Gasteiger partial charge in [0.15, 0.2) is 0 Å². The highest BCUT2D eigenvalue weighted by Crippen LogP contribution is 2.31. The van der Waals surface area contributed by atoms with Gasteiger partial charge in [0.2, 0.25) is 0 Å². The Bertz CT molecular complexity index is 623. The van der Waals surface area contributed by atoms with E-state index in [0.29, 0.717) is 0 Å². The van der Waals surface area contributed by atoms with Crippen LogP contribution in [0.25, 0.3) is 0 Å². The molecule has 0 aliphatic heterocycles. The van der Waals surface area contributed by atoms with Crippen LogP contribution in [0.1, 0.15) is 17.2 Å². The van der Waals surface area contributed by atoms with E-state index >= 15 is 0 Å². The first-order valence-corrected chi connectivity index (χ1v) is 5.97. The second kappa shape index (κ2) is 5.73. The molecule has 1 atom stereocenters. The van der Waals surface area contributed by atoms with Gasteiger partial charge in [-0.05, 0) is 12.1 Å². The second-order valence-corrected chi connectivity index (χ2v) is 4.51. The van der Waals surface area contributed by atoms with E-state index in [1.54, 1.807) is 0 Å². The molecule has 0 saturated heterocycles. The predicted octanol–water partition coefficient (Wildman–Crippen LogP) is 3.85. The largest absolute Gasteiger partial charge is 0.497 e. The van der Waals surface area contributed by atoms with Crippen molar-refractivity contribution in [2.45, 2.75) is 6.10 Å². The topological polar surface area (TPSA) is 29.5 Å². The van der Waals surface area contributed by atoms with Gasteiger partial charge in [0.1, 0.15) is 29.3 Å². The molecule has 106 valence electrons. The number of methoxy groups -OCH3 is 1. The maximum atomic E-state index is 13.8. The minimum Gasteiger partial charge on any atom is -0.497 e. The highest BCUT2D eigenvalue weighted by atomic mass is 35.5. The third-order valence-electron chi connectivity index (χ3n) is 2.82. The quantitative estimate of drug-likeness (QED) is 0.933. The van der Waals surface area contributed by atoms with Crippen molar-refractivity contribution in [3.8, 4) is 5.75 Å². The van der Waals surface area contributed by atoms with Crippen molar-refractivity contribution in [3.05, 3.63) is 63.9 Å². The normalized spacial score (nSPS) is 12.3. The zero-order valence-electron chi connectivity index (χ0n) is 10.3. The SMILES string of the molecule is COc1cc(F)c(C(O)c2ccc(Cl)cc2F)c(F)c1. The van der Waals surface area contributed by atoms with Crippen molar-refractivity contribution in [1.29, 1.82) is 0 Å². The zero-order chi connectivity index (χ0) is 14.9. The Hall–Kier alpha value is -1.72. The molecule has 1 N–H and O–H groups in total. The van der Waals surface area contributed by atoms with Gasteiger partial charge in [-0.3, -0.25) is 0 Å². The summed E-state index contributed by atoms with van der Waals surface area (Å²) in [6.07, 6.45) is -1.78. The Morgan fingerprint density at radius 3 is 2.15 bits per heavy atom. The van der Waals surface area contributed by atoms with Gasteiger partial charge >= 0.3 is 0 Å². The summed E-state index contributed by atoms with van der Waals surface area (Å²) in [5, 5.41) is 10.1. The van der Waals surface area contributed by atoms with Gasteiger partial charge < -0.3 is 9.84 Å². The molecule has 6 heteroatoms. The lowest BCUT2D eigenvalue weighted by Gasteiger charge is -2.15. The van der Waals surface area contributed by atoms with Crippen LogP contribution in [0.15, 0.2) is 30.3 Å². The first-order chi connectivity index (χ1) is 9.43. The standard InChI is InChI=1S/C14H10ClF3O2/c1-20-8-5-11(17)13(12(18)6-8)14(19)9-3-2-7(15)4-10(9)16/h2-6,14,19H,1H3. The molecular formula is C14H10ClF3O2. The average Bonchev–Trinajstić information content (AvgIpc) is 2.37. The second-order valence-electron chi connectivity index (χ2n) is 4.07. The fraction of sp³-hybridized carbons (Fsp3) is 0.143. The van der Waals surface area contributed by atoms with Crippen molar-refractivity contribution in [2.75, 3.05) is 7.11 Å². The Morgan fingerprint density at radius 2 is 1.65 bits per heavy atom. The molecule has 0 aromatic heterocycles. The molecule has 2 aromatic carbocycles. The summed E-state index contributed by atoms with van der Waals surface area (Å²) in [6, 6.07) is 5.28. The van der Waals surface area contributed by atoms with E-state index in [1.165, 1.54) is 19.2 Å². The maximum absolute atomic E-state index is 13.8. The van der Waals surface area contributed by atoms with E-state index < -0.39 is 29.1 Å². The fourth-order valence-electron chi connectivity index (χ4n) is 1.82. The lowest BCUT2D eigenvalue weighted by molar-refractivity contribution is 0.203. The van der Waals surface area contributed by atoms with Gasteiger partial charge in [0.25, 0.3) is 0 Å². The smallest absolute Gasteiger partial charge is 0.135 e. The minimum atomic E-state index is -1.78. The molecule has 0 aliphatic rings. The Kier molecular flexibility index (Phi) is 4.20. The molecule has 20 heavy (non-hydrogen) atoms. The third kappa shape index (κ3) is 2.73. The molecule has 0 amide bonds. The monoisotopic (exact) mass is 302 g/mol. The molecule has 2 rings (SSSR count). The van der Waals surface area contributed by atoms with Crippen LogP contribution in [0.3, 0.4) is 0 Å². The first-order valence-electron chi connectivity index (χ1n) is 5.60. The molecule has 0 heterocycles. The number of hydrogen-bond acceptors (Lipinski definition) is 2. The van der Waals surface area contributed by atoms with Crippen LogP contribution in [0.2, 0.25) is 5.02 Å². The highest BCUT2D eigenvalue weighted by molar-refractivity contribution is 6.30. The Labute approximate surface area is 118 Å². The molecular weight excluding hydrogens is 293 g/mol. The molecule has 2 nitrogen and oxygen atoms in total.